The Labute approximate surface area is 89.3 Å². The van der Waals surface area contributed by atoms with E-state index in [1.807, 2.05) is 0 Å². The van der Waals surface area contributed by atoms with E-state index < -0.39 is 5.97 Å². The van der Waals surface area contributed by atoms with Crippen LogP contribution in [-0.4, -0.2) is 35.0 Å². The van der Waals surface area contributed by atoms with E-state index in [0.29, 0.717) is 12.5 Å². The van der Waals surface area contributed by atoms with Crippen molar-refractivity contribution in [3.05, 3.63) is 0 Å². The van der Waals surface area contributed by atoms with E-state index in [1.165, 1.54) is 0 Å². The smallest absolute Gasteiger partial charge is 0.307 e. The van der Waals surface area contributed by atoms with Crippen LogP contribution in [-0.2, 0) is 9.59 Å². The number of carboxylic acid groups (broad SMARTS) is 1. The van der Waals surface area contributed by atoms with E-state index in [1.54, 1.807) is 11.8 Å². The molecule has 1 saturated carbocycles. The molecule has 0 aromatic rings. The van der Waals surface area contributed by atoms with Gasteiger partial charge in [0, 0.05) is 20.0 Å². The summed E-state index contributed by atoms with van der Waals surface area (Å²) in [7, 11) is 0. The highest BCUT2D eigenvalue weighted by Crippen LogP contribution is 2.43. The van der Waals surface area contributed by atoms with Crippen LogP contribution in [0.15, 0.2) is 0 Å². The molecule has 2 fully saturated rings. The Kier molecular flexibility index (Phi) is 2.67. The molecule has 0 aromatic carbocycles. The van der Waals surface area contributed by atoms with Crippen LogP contribution in [0, 0.1) is 17.8 Å². The second-order valence-electron chi connectivity index (χ2n) is 4.72. The summed E-state index contributed by atoms with van der Waals surface area (Å²) in [5.74, 6) is -0.266. The molecule has 1 saturated heterocycles. The van der Waals surface area contributed by atoms with Crippen LogP contribution >= 0.6 is 0 Å². The number of carboxylic acids is 1. The van der Waals surface area contributed by atoms with E-state index in [0.717, 1.165) is 25.8 Å². The molecule has 2 aliphatic rings. The maximum atomic E-state index is 11.1. The number of amides is 1. The predicted molar refractivity (Wildman–Crippen MR) is 54.2 cm³/mol. The van der Waals surface area contributed by atoms with Gasteiger partial charge in [0.25, 0.3) is 0 Å². The lowest BCUT2D eigenvalue weighted by atomic mass is 9.87. The molecular formula is C11H17NO3. The van der Waals surface area contributed by atoms with Gasteiger partial charge in [0.2, 0.25) is 5.91 Å². The van der Waals surface area contributed by atoms with Gasteiger partial charge in [0.1, 0.15) is 0 Å². The fourth-order valence-corrected chi connectivity index (χ4v) is 2.61. The molecule has 2 unspecified atom stereocenters. The predicted octanol–water partition coefficient (Wildman–Crippen LogP) is 0.966. The van der Waals surface area contributed by atoms with Crippen LogP contribution in [0.25, 0.3) is 0 Å². The Bertz CT molecular complexity index is 286. The summed E-state index contributed by atoms with van der Waals surface area (Å²) in [5.41, 5.74) is 0. The highest BCUT2D eigenvalue weighted by molar-refractivity contribution is 5.74. The molecule has 4 nitrogen and oxygen atoms in total. The molecule has 1 amide bonds. The average molecular weight is 211 g/mol. The largest absolute Gasteiger partial charge is 0.481 e. The number of hydrogen-bond acceptors (Lipinski definition) is 2. The van der Waals surface area contributed by atoms with Crippen molar-refractivity contribution in [2.45, 2.75) is 26.2 Å². The summed E-state index contributed by atoms with van der Waals surface area (Å²) in [6.45, 7) is 2.93. The summed E-state index contributed by atoms with van der Waals surface area (Å²) in [6.07, 6.45) is 2.95. The second kappa shape index (κ2) is 3.83. The number of rotatable bonds is 3. The SMILES string of the molecule is CC(=O)N1CCC(C(C(=O)O)C2CC2)C1. The molecule has 0 bridgehead atoms. The summed E-state index contributed by atoms with van der Waals surface area (Å²) < 4.78 is 0. The van der Waals surface area contributed by atoms with Crippen molar-refractivity contribution in [2.24, 2.45) is 17.8 Å². The Balaban J connectivity index is 1.98. The van der Waals surface area contributed by atoms with Crippen molar-refractivity contribution in [3.63, 3.8) is 0 Å². The number of aliphatic carboxylic acids is 1. The van der Waals surface area contributed by atoms with Gasteiger partial charge in [-0.25, -0.2) is 0 Å². The minimum atomic E-state index is -0.673. The molecule has 1 heterocycles. The zero-order valence-electron chi connectivity index (χ0n) is 8.98. The van der Waals surface area contributed by atoms with Gasteiger partial charge in [0.15, 0.2) is 0 Å². The summed E-state index contributed by atoms with van der Waals surface area (Å²) in [5, 5.41) is 9.17. The number of likely N-dealkylation sites (tertiary alicyclic amines) is 1. The Hall–Kier alpha value is -1.06. The zero-order chi connectivity index (χ0) is 11.0. The van der Waals surface area contributed by atoms with Crippen molar-refractivity contribution in [3.8, 4) is 0 Å². The number of carbonyl (C=O) groups excluding carboxylic acids is 1. The van der Waals surface area contributed by atoms with E-state index in [2.05, 4.69) is 0 Å². The van der Waals surface area contributed by atoms with Gasteiger partial charge in [-0.3, -0.25) is 9.59 Å². The van der Waals surface area contributed by atoms with Crippen molar-refractivity contribution >= 4 is 11.9 Å². The average Bonchev–Trinajstić information content (AvgIpc) is 2.81. The van der Waals surface area contributed by atoms with Gasteiger partial charge >= 0.3 is 5.97 Å². The van der Waals surface area contributed by atoms with E-state index in [4.69, 9.17) is 5.11 Å². The third kappa shape index (κ3) is 2.13. The first-order chi connectivity index (χ1) is 7.09. The Morgan fingerprint density at radius 3 is 2.33 bits per heavy atom. The summed E-state index contributed by atoms with van der Waals surface area (Å²) in [4.78, 5) is 24.1. The molecule has 0 aromatic heterocycles. The Morgan fingerprint density at radius 1 is 1.27 bits per heavy atom. The topological polar surface area (TPSA) is 57.6 Å². The van der Waals surface area contributed by atoms with Crippen LogP contribution < -0.4 is 0 Å². The first-order valence-corrected chi connectivity index (χ1v) is 5.58. The van der Waals surface area contributed by atoms with Crippen molar-refractivity contribution < 1.29 is 14.7 Å². The van der Waals surface area contributed by atoms with Crippen LogP contribution in [0.1, 0.15) is 26.2 Å². The number of carbonyl (C=O) groups is 2. The van der Waals surface area contributed by atoms with Gasteiger partial charge in [-0.15, -0.1) is 0 Å². The maximum absolute atomic E-state index is 11.1. The molecular weight excluding hydrogens is 194 g/mol. The monoisotopic (exact) mass is 211 g/mol. The zero-order valence-corrected chi connectivity index (χ0v) is 8.98. The summed E-state index contributed by atoms with van der Waals surface area (Å²) in [6, 6.07) is 0. The van der Waals surface area contributed by atoms with Crippen molar-refractivity contribution in [2.75, 3.05) is 13.1 Å². The standard InChI is InChI=1S/C11H17NO3/c1-7(13)12-5-4-9(6-12)10(11(14)15)8-2-3-8/h8-10H,2-6H2,1H3,(H,14,15). The molecule has 2 rings (SSSR count). The quantitative estimate of drug-likeness (QED) is 0.756. The lowest BCUT2D eigenvalue weighted by Gasteiger charge is -2.19. The van der Waals surface area contributed by atoms with Gasteiger partial charge in [0.05, 0.1) is 5.92 Å². The van der Waals surface area contributed by atoms with E-state index >= 15 is 0 Å². The van der Waals surface area contributed by atoms with Crippen LogP contribution in [0.2, 0.25) is 0 Å². The van der Waals surface area contributed by atoms with Gasteiger partial charge in [-0.2, -0.15) is 0 Å². The van der Waals surface area contributed by atoms with Crippen LogP contribution in [0.4, 0.5) is 0 Å². The van der Waals surface area contributed by atoms with Crippen molar-refractivity contribution in [1.29, 1.82) is 0 Å². The molecule has 84 valence electrons. The fraction of sp³-hybridized carbons (Fsp3) is 0.818. The minimum Gasteiger partial charge on any atom is -0.481 e. The molecule has 4 heteroatoms. The maximum Gasteiger partial charge on any atom is 0.307 e. The molecule has 0 radical (unpaired) electrons. The molecule has 2 atom stereocenters. The van der Waals surface area contributed by atoms with E-state index in [-0.39, 0.29) is 17.7 Å². The van der Waals surface area contributed by atoms with Gasteiger partial charge < -0.3 is 10.0 Å². The Morgan fingerprint density at radius 2 is 1.93 bits per heavy atom. The number of nitrogens with zero attached hydrogens (tertiary/aromatic N) is 1. The first-order valence-electron chi connectivity index (χ1n) is 5.58. The normalized spacial score (nSPS) is 27.8. The van der Waals surface area contributed by atoms with Gasteiger partial charge in [-0.1, -0.05) is 0 Å². The second-order valence-corrected chi connectivity index (χ2v) is 4.72. The highest BCUT2D eigenvalue weighted by atomic mass is 16.4. The van der Waals surface area contributed by atoms with Crippen LogP contribution in [0.3, 0.4) is 0 Å². The lowest BCUT2D eigenvalue weighted by Crippen LogP contribution is -2.30. The van der Waals surface area contributed by atoms with Gasteiger partial charge in [-0.05, 0) is 31.1 Å². The van der Waals surface area contributed by atoms with E-state index in [9.17, 15) is 9.59 Å². The first kappa shape index (κ1) is 10.5. The minimum absolute atomic E-state index is 0.0671. The lowest BCUT2D eigenvalue weighted by molar-refractivity contribution is -0.144. The highest BCUT2D eigenvalue weighted by Gasteiger charge is 2.43. The molecule has 1 aliphatic heterocycles. The fourth-order valence-electron chi connectivity index (χ4n) is 2.61. The number of hydrogen-bond donors (Lipinski definition) is 1. The van der Waals surface area contributed by atoms with Crippen molar-refractivity contribution in [1.82, 2.24) is 4.90 Å². The third-order valence-electron chi connectivity index (χ3n) is 3.59. The van der Waals surface area contributed by atoms with Crippen LogP contribution in [0.5, 0.6) is 0 Å². The molecule has 15 heavy (non-hydrogen) atoms. The summed E-state index contributed by atoms with van der Waals surface area (Å²) >= 11 is 0. The molecule has 1 N–H and O–H groups in total. The molecule has 1 aliphatic carbocycles. The molecule has 0 spiro atoms. The third-order valence-corrected chi connectivity index (χ3v) is 3.59.